The van der Waals surface area contributed by atoms with E-state index in [9.17, 15) is 0 Å². The summed E-state index contributed by atoms with van der Waals surface area (Å²) in [7, 11) is 2.03. The summed E-state index contributed by atoms with van der Waals surface area (Å²) in [5.41, 5.74) is 3.63. The van der Waals surface area contributed by atoms with Crippen LogP contribution in [0, 0.1) is 0 Å². The lowest BCUT2D eigenvalue weighted by Crippen LogP contribution is -2.20. The van der Waals surface area contributed by atoms with Crippen molar-refractivity contribution < 1.29 is 0 Å². The van der Waals surface area contributed by atoms with Crippen molar-refractivity contribution in [3.8, 4) is 11.3 Å². The van der Waals surface area contributed by atoms with Crippen molar-refractivity contribution in [1.82, 2.24) is 9.97 Å². The molecule has 2 aromatic rings. The summed E-state index contributed by atoms with van der Waals surface area (Å²) in [5, 5.41) is 0. The van der Waals surface area contributed by atoms with Crippen molar-refractivity contribution in [2.75, 3.05) is 18.5 Å². The average molecular weight is 283 g/mol. The molecule has 1 aromatic heterocycles. The molecule has 3 nitrogen and oxygen atoms in total. The van der Waals surface area contributed by atoms with Gasteiger partial charge in [0, 0.05) is 25.4 Å². The van der Waals surface area contributed by atoms with Crippen LogP contribution in [-0.4, -0.2) is 23.6 Å². The smallest absolute Gasteiger partial charge is 0.225 e. The van der Waals surface area contributed by atoms with Gasteiger partial charge >= 0.3 is 0 Å². The van der Waals surface area contributed by atoms with Gasteiger partial charge in [0.2, 0.25) is 5.95 Å². The molecular formula is C18H25N3. The molecule has 0 unspecified atom stereocenters. The van der Waals surface area contributed by atoms with Crippen LogP contribution in [0.4, 0.5) is 5.95 Å². The van der Waals surface area contributed by atoms with E-state index in [1.165, 1.54) is 5.56 Å². The minimum absolute atomic E-state index is 0.177. The molecule has 0 N–H and O–H groups in total. The third kappa shape index (κ3) is 3.81. The Labute approximate surface area is 128 Å². The highest BCUT2D eigenvalue weighted by molar-refractivity contribution is 5.60. The van der Waals surface area contributed by atoms with E-state index < -0.39 is 0 Å². The van der Waals surface area contributed by atoms with E-state index in [1.54, 1.807) is 0 Å². The van der Waals surface area contributed by atoms with E-state index in [4.69, 9.17) is 0 Å². The van der Waals surface area contributed by atoms with Crippen LogP contribution in [0.25, 0.3) is 11.3 Å². The highest BCUT2D eigenvalue weighted by atomic mass is 15.2. The average Bonchev–Trinajstić information content (AvgIpc) is 2.47. The van der Waals surface area contributed by atoms with Crippen molar-refractivity contribution in [2.45, 2.75) is 39.5 Å². The summed E-state index contributed by atoms with van der Waals surface area (Å²) < 4.78 is 0. The quantitative estimate of drug-likeness (QED) is 0.838. The highest BCUT2D eigenvalue weighted by Gasteiger charge is 2.13. The van der Waals surface area contributed by atoms with E-state index in [-0.39, 0.29) is 5.41 Å². The molecule has 0 spiro atoms. The normalized spacial score (nSPS) is 11.5. The van der Waals surface area contributed by atoms with Gasteiger partial charge in [-0.25, -0.2) is 9.97 Å². The van der Waals surface area contributed by atoms with Gasteiger partial charge in [0.1, 0.15) is 0 Å². The first kappa shape index (κ1) is 15.5. The Bertz CT molecular complexity index is 582. The van der Waals surface area contributed by atoms with Crippen LogP contribution in [0.15, 0.2) is 36.5 Å². The zero-order valence-electron chi connectivity index (χ0n) is 13.7. The molecule has 112 valence electrons. The van der Waals surface area contributed by atoms with Crippen molar-refractivity contribution in [1.29, 1.82) is 0 Å². The van der Waals surface area contributed by atoms with E-state index in [1.807, 2.05) is 19.3 Å². The van der Waals surface area contributed by atoms with Gasteiger partial charge in [0.05, 0.1) is 5.69 Å². The maximum absolute atomic E-state index is 4.67. The van der Waals surface area contributed by atoms with Crippen LogP contribution in [0.1, 0.15) is 39.7 Å². The van der Waals surface area contributed by atoms with Crippen LogP contribution < -0.4 is 4.90 Å². The third-order valence-electron chi connectivity index (χ3n) is 3.59. The van der Waals surface area contributed by atoms with Gasteiger partial charge in [0.25, 0.3) is 0 Å². The van der Waals surface area contributed by atoms with Crippen molar-refractivity contribution in [3.63, 3.8) is 0 Å². The molecule has 2 rings (SSSR count). The molecule has 0 amide bonds. The predicted octanol–water partition coefficient (Wildman–Crippen LogP) is 4.29. The minimum Gasteiger partial charge on any atom is -0.344 e. The molecule has 0 saturated carbocycles. The van der Waals surface area contributed by atoms with Crippen molar-refractivity contribution in [3.05, 3.63) is 42.1 Å². The highest BCUT2D eigenvalue weighted by Crippen LogP contribution is 2.25. The standard InChI is InChI=1S/C18H25N3/c1-6-13-21(5)17-19-12-11-16(20-17)14-7-9-15(10-8-14)18(2,3)4/h7-12H,6,13H2,1-5H3. The second-order valence-corrected chi connectivity index (χ2v) is 6.49. The summed E-state index contributed by atoms with van der Waals surface area (Å²) >= 11 is 0. The first-order valence-corrected chi connectivity index (χ1v) is 7.57. The first-order chi connectivity index (χ1) is 9.91. The lowest BCUT2D eigenvalue weighted by atomic mass is 9.86. The molecule has 1 heterocycles. The van der Waals surface area contributed by atoms with Crippen LogP contribution in [0.3, 0.4) is 0 Å². The van der Waals surface area contributed by atoms with Gasteiger partial charge in [-0.2, -0.15) is 0 Å². The number of rotatable bonds is 4. The predicted molar refractivity (Wildman–Crippen MR) is 89.7 cm³/mol. The number of nitrogens with zero attached hydrogens (tertiary/aromatic N) is 3. The Balaban J connectivity index is 2.28. The zero-order chi connectivity index (χ0) is 15.5. The fourth-order valence-corrected chi connectivity index (χ4v) is 2.27. The second kappa shape index (κ2) is 6.25. The van der Waals surface area contributed by atoms with Crippen LogP contribution >= 0.6 is 0 Å². The maximum Gasteiger partial charge on any atom is 0.225 e. The molecule has 3 heteroatoms. The van der Waals surface area contributed by atoms with E-state index >= 15 is 0 Å². The molecule has 21 heavy (non-hydrogen) atoms. The SMILES string of the molecule is CCCN(C)c1nccc(-c2ccc(C(C)(C)C)cc2)n1. The molecule has 1 aromatic carbocycles. The lowest BCUT2D eigenvalue weighted by Gasteiger charge is -2.19. The van der Waals surface area contributed by atoms with Crippen molar-refractivity contribution >= 4 is 5.95 Å². The molecule has 0 aliphatic rings. The Morgan fingerprint density at radius 2 is 1.71 bits per heavy atom. The Morgan fingerprint density at radius 3 is 2.29 bits per heavy atom. The van der Waals surface area contributed by atoms with Gasteiger partial charge in [0.15, 0.2) is 0 Å². The Kier molecular flexibility index (Phi) is 4.61. The van der Waals surface area contributed by atoms with Gasteiger partial charge < -0.3 is 4.90 Å². The number of hydrogen-bond acceptors (Lipinski definition) is 3. The van der Waals surface area contributed by atoms with Crippen LogP contribution in [0.2, 0.25) is 0 Å². The largest absolute Gasteiger partial charge is 0.344 e. The maximum atomic E-state index is 4.67. The molecule has 0 aliphatic carbocycles. The summed E-state index contributed by atoms with van der Waals surface area (Å²) in [4.78, 5) is 11.1. The molecular weight excluding hydrogens is 258 g/mol. The Morgan fingerprint density at radius 1 is 1.05 bits per heavy atom. The molecule has 0 saturated heterocycles. The molecule has 0 radical (unpaired) electrons. The van der Waals surface area contributed by atoms with Gasteiger partial charge in [-0.05, 0) is 23.5 Å². The molecule has 0 bridgehead atoms. The van der Waals surface area contributed by atoms with Gasteiger partial charge in [-0.3, -0.25) is 0 Å². The lowest BCUT2D eigenvalue weighted by molar-refractivity contribution is 0.590. The zero-order valence-corrected chi connectivity index (χ0v) is 13.7. The summed E-state index contributed by atoms with van der Waals surface area (Å²) in [5.74, 6) is 0.786. The van der Waals surface area contributed by atoms with E-state index in [2.05, 4.69) is 66.8 Å². The summed E-state index contributed by atoms with van der Waals surface area (Å²) in [6.45, 7) is 9.80. The fraction of sp³-hybridized carbons (Fsp3) is 0.444. The van der Waals surface area contributed by atoms with E-state index in [0.29, 0.717) is 0 Å². The minimum atomic E-state index is 0.177. The number of anilines is 1. The molecule has 0 atom stereocenters. The second-order valence-electron chi connectivity index (χ2n) is 6.49. The van der Waals surface area contributed by atoms with Gasteiger partial charge in [-0.1, -0.05) is 52.0 Å². The first-order valence-electron chi connectivity index (χ1n) is 7.57. The number of hydrogen-bond donors (Lipinski definition) is 0. The Hall–Kier alpha value is -1.90. The topological polar surface area (TPSA) is 29.0 Å². The monoisotopic (exact) mass is 283 g/mol. The summed E-state index contributed by atoms with van der Waals surface area (Å²) in [6, 6.07) is 10.6. The molecule has 0 aliphatic heterocycles. The number of aromatic nitrogens is 2. The third-order valence-corrected chi connectivity index (χ3v) is 3.59. The van der Waals surface area contributed by atoms with E-state index in [0.717, 1.165) is 30.2 Å². The summed E-state index contributed by atoms with van der Waals surface area (Å²) in [6.07, 6.45) is 2.92. The van der Waals surface area contributed by atoms with Gasteiger partial charge in [-0.15, -0.1) is 0 Å². The fourth-order valence-electron chi connectivity index (χ4n) is 2.27. The van der Waals surface area contributed by atoms with Crippen molar-refractivity contribution in [2.24, 2.45) is 0 Å². The molecule has 0 fully saturated rings. The van der Waals surface area contributed by atoms with Crippen LogP contribution in [-0.2, 0) is 5.41 Å². The van der Waals surface area contributed by atoms with Crippen LogP contribution in [0.5, 0.6) is 0 Å². The number of benzene rings is 1.